The summed E-state index contributed by atoms with van der Waals surface area (Å²) in [5.41, 5.74) is 0.391. The van der Waals surface area contributed by atoms with Gasteiger partial charge < -0.3 is 0 Å². The molecule has 1 heterocycles. The summed E-state index contributed by atoms with van der Waals surface area (Å²) in [6.45, 7) is 0.444. The summed E-state index contributed by atoms with van der Waals surface area (Å²) >= 11 is 0. The standard InChI is InChI=1S/C18H21FN2O4S2/c19-16-6-4-5-15(13-16)14-26(22,23)21-11-9-17(10-12-21)20-27(24,25)18-7-2-1-3-8-18/h1-8,13,17,20H,9-12,14H2. The van der Waals surface area contributed by atoms with Gasteiger partial charge in [-0.2, -0.15) is 0 Å². The smallest absolute Gasteiger partial charge is 0.212 e. The topological polar surface area (TPSA) is 83.6 Å². The Morgan fingerprint density at radius 3 is 2.26 bits per heavy atom. The first-order valence-electron chi connectivity index (χ1n) is 8.56. The summed E-state index contributed by atoms with van der Waals surface area (Å²) in [5.74, 6) is -0.748. The van der Waals surface area contributed by atoms with E-state index in [-0.39, 0.29) is 29.8 Å². The van der Waals surface area contributed by atoms with Gasteiger partial charge in [0.05, 0.1) is 10.6 Å². The first-order chi connectivity index (χ1) is 12.8. The van der Waals surface area contributed by atoms with Gasteiger partial charge in [-0.3, -0.25) is 0 Å². The minimum absolute atomic E-state index is 0.186. The summed E-state index contributed by atoms with van der Waals surface area (Å²) in [6.07, 6.45) is 0.767. The maximum atomic E-state index is 13.3. The van der Waals surface area contributed by atoms with Gasteiger partial charge in [0.2, 0.25) is 20.0 Å². The molecule has 9 heteroatoms. The van der Waals surface area contributed by atoms with Crippen LogP contribution in [0.4, 0.5) is 4.39 Å². The quantitative estimate of drug-likeness (QED) is 0.788. The molecule has 0 aromatic heterocycles. The lowest BCUT2D eigenvalue weighted by Gasteiger charge is -2.31. The molecule has 1 aliphatic rings. The largest absolute Gasteiger partial charge is 0.240 e. The minimum Gasteiger partial charge on any atom is -0.212 e. The minimum atomic E-state index is -3.63. The van der Waals surface area contributed by atoms with Crippen molar-refractivity contribution in [2.45, 2.75) is 29.5 Å². The van der Waals surface area contributed by atoms with Crippen molar-refractivity contribution in [3.63, 3.8) is 0 Å². The van der Waals surface area contributed by atoms with Crippen LogP contribution in [0.1, 0.15) is 18.4 Å². The Kier molecular flexibility index (Phi) is 5.95. The molecule has 27 heavy (non-hydrogen) atoms. The number of piperidine rings is 1. The number of rotatable bonds is 6. The molecule has 3 rings (SSSR count). The molecule has 6 nitrogen and oxygen atoms in total. The lowest BCUT2D eigenvalue weighted by atomic mass is 10.1. The molecule has 2 aromatic carbocycles. The molecule has 2 aromatic rings. The third-order valence-electron chi connectivity index (χ3n) is 4.46. The monoisotopic (exact) mass is 412 g/mol. The van der Waals surface area contributed by atoms with Crippen molar-refractivity contribution >= 4 is 20.0 Å². The van der Waals surface area contributed by atoms with Crippen molar-refractivity contribution in [3.8, 4) is 0 Å². The summed E-state index contributed by atoms with van der Waals surface area (Å²) < 4.78 is 67.1. The zero-order valence-corrected chi connectivity index (χ0v) is 16.2. The number of halogens is 1. The summed E-state index contributed by atoms with van der Waals surface area (Å²) in [6, 6.07) is 13.3. The summed E-state index contributed by atoms with van der Waals surface area (Å²) in [5, 5.41) is 0. The lowest BCUT2D eigenvalue weighted by molar-refractivity contribution is 0.308. The normalized spacial score (nSPS) is 17.1. The highest BCUT2D eigenvalue weighted by atomic mass is 32.2. The number of hydrogen-bond acceptors (Lipinski definition) is 4. The van der Waals surface area contributed by atoms with Gasteiger partial charge in [0.15, 0.2) is 0 Å². The second-order valence-corrected chi connectivity index (χ2v) is 10.2. The van der Waals surface area contributed by atoms with Crippen LogP contribution in [0.2, 0.25) is 0 Å². The maximum Gasteiger partial charge on any atom is 0.240 e. The van der Waals surface area contributed by atoms with Crippen LogP contribution in [0.3, 0.4) is 0 Å². The van der Waals surface area contributed by atoms with Gasteiger partial charge in [0.1, 0.15) is 5.82 Å². The molecule has 1 aliphatic heterocycles. The highest BCUT2D eigenvalue weighted by molar-refractivity contribution is 7.89. The van der Waals surface area contributed by atoms with E-state index in [2.05, 4.69) is 4.72 Å². The number of hydrogen-bond donors (Lipinski definition) is 1. The Morgan fingerprint density at radius 1 is 0.963 bits per heavy atom. The van der Waals surface area contributed by atoms with Crippen molar-refractivity contribution in [1.82, 2.24) is 9.03 Å². The molecule has 0 spiro atoms. The van der Waals surface area contributed by atoms with Crippen molar-refractivity contribution in [1.29, 1.82) is 0 Å². The van der Waals surface area contributed by atoms with Gasteiger partial charge in [-0.25, -0.2) is 30.3 Å². The molecule has 1 saturated heterocycles. The first kappa shape index (κ1) is 19.9. The maximum absolute atomic E-state index is 13.3. The molecule has 0 unspecified atom stereocenters. The van der Waals surface area contributed by atoms with Crippen LogP contribution < -0.4 is 4.72 Å². The van der Waals surface area contributed by atoms with Crippen molar-refractivity contribution in [2.24, 2.45) is 0 Å². The molecular weight excluding hydrogens is 391 g/mol. The van der Waals surface area contributed by atoms with E-state index in [0.717, 1.165) is 0 Å². The third-order valence-corrected chi connectivity index (χ3v) is 7.85. The second kappa shape index (κ2) is 8.05. The summed E-state index contributed by atoms with van der Waals surface area (Å²) in [4.78, 5) is 0.186. The average Bonchev–Trinajstić information content (AvgIpc) is 2.62. The number of benzene rings is 2. The second-order valence-electron chi connectivity index (χ2n) is 6.49. The zero-order chi connectivity index (χ0) is 19.5. The molecule has 0 aliphatic carbocycles. The molecule has 1 fully saturated rings. The van der Waals surface area contributed by atoms with Gasteiger partial charge >= 0.3 is 0 Å². The SMILES string of the molecule is O=S(=O)(NC1CCN(S(=O)(=O)Cc2cccc(F)c2)CC1)c1ccccc1. The fraction of sp³-hybridized carbons (Fsp3) is 0.333. The van der Waals surface area contributed by atoms with Crippen molar-refractivity contribution in [3.05, 3.63) is 66.0 Å². The van der Waals surface area contributed by atoms with Crippen LogP contribution >= 0.6 is 0 Å². The summed E-state index contributed by atoms with van der Waals surface area (Å²) in [7, 11) is -7.21. The highest BCUT2D eigenvalue weighted by Gasteiger charge is 2.30. The number of nitrogens with zero attached hydrogens (tertiary/aromatic N) is 1. The van der Waals surface area contributed by atoms with Crippen LogP contribution in [0.5, 0.6) is 0 Å². The van der Waals surface area contributed by atoms with Crippen molar-refractivity contribution in [2.75, 3.05) is 13.1 Å². The Morgan fingerprint density at radius 2 is 1.63 bits per heavy atom. The predicted molar refractivity (Wildman–Crippen MR) is 100 cm³/mol. The van der Waals surface area contributed by atoms with Gasteiger partial charge in [-0.1, -0.05) is 30.3 Å². The first-order valence-corrected chi connectivity index (χ1v) is 11.7. The van der Waals surface area contributed by atoms with E-state index in [4.69, 9.17) is 0 Å². The Balaban J connectivity index is 1.60. The van der Waals surface area contributed by atoms with Gasteiger partial charge in [0.25, 0.3) is 0 Å². The van der Waals surface area contributed by atoms with E-state index in [0.29, 0.717) is 18.4 Å². The van der Waals surface area contributed by atoms with Crippen LogP contribution in [0, 0.1) is 5.82 Å². The number of sulfonamides is 2. The van der Waals surface area contributed by atoms with Crippen LogP contribution in [-0.4, -0.2) is 40.3 Å². The lowest BCUT2D eigenvalue weighted by Crippen LogP contribution is -2.46. The molecule has 0 saturated carbocycles. The Bertz CT molecular complexity index is 987. The van der Waals surface area contributed by atoms with Crippen LogP contribution in [0.25, 0.3) is 0 Å². The third kappa shape index (κ3) is 5.13. The Hall–Kier alpha value is -1.81. The van der Waals surface area contributed by atoms with Gasteiger partial charge in [-0.05, 0) is 42.7 Å². The number of nitrogens with one attached hydrogen (secondary N) is 1. The predicted octanol–water partition coefficient (Wildman–Crippen LogP) is 2.10. The molecule has 0 bridgehead atoms. The average molecular weight is 413 g/mol. The molecule has 146 valence electrons. The van der Waals surface area contributed by atoms with Gasteiger partial charge in [0, 0.05) is 19.1 Å². The molecular formula is C18H21FN2O4S2. The van der Waals surface area contributed by atoms with E-state index in [9.17, 15) is 21.2 Å². The van der Waals surface area contributed by atoms with Gasteiger partial charge in [-0.15, -0.1) is 0 Å². The molecule has 0 radical (unpaired) electrons. The van der Waals surface area contributed by atoms with Crippen molar-refractivity contribution < 1.29 is 21.2 Å². The van der Waals surface area contributed by atoms with E-state index in [1.165, 1.54) is 34.6 Å². The van der Waals surface area contributed by atoms with E-state index >= 15 is 0 Å². The molecule has 0 amide bonds. The Labute approximate surface area is 159 Å². The fourth-order valence-electron chi connectivity index (χ4n) is 3.07. The molecule has 1 N–H and O–H groups in total. The van der Waals surface area contributed by atoms with E-state index in [1.807, 2.05) is 0 Å². The van der Waals surface area contributed by atoms with E-state index in [1.54, 1.807) is 24.3 Å². The van der Waals surface area contributed by atoms with E-state index < -0.39 is 25.9 Å². The van der Waals surface area contributed by atoms with Crippen LogP contribution in [0.15, 0.2) is 59.5 Å². The fourth-order valence-corrected chi connectivity index (χ4v) is 5.94. The highest BCUT2D eigenvalue weighted by Crippen LogP contribution is 2.20. The zero-order valence-electron chi connectivity index (χ0n) is 14.6. The van der Waals surface area contributed by atoms with Crippen LogP contribution in [-0.2, 0) is 25.8 Å². The molecule has 0 atom stereocenters.